The Bertz CT molecular complexity index is 1300. The second-order valence-electron chi connectivity index (χ2n) is 12.8. The fraction of sp³-hybridized carbons (Fsp3) is 0.606. The molecule has 2 aromatic rings. The van der Waals surface area contributed by atoms with Crippen molar-refractivity contribution in [1.82, 2.24) is 15.1 Å². The highest BCUT2D eigenvalue weighted by Crippen LogP contribution is 2.45. The highest BCUT2D eigenvalue weighted by Gasteiger charge is 2.48. The summed E-state index contributed by atoms with van der Waals surface area (Å²) < 4.78 is 57.1. The van der Waals surface area contributed by atoms with E-state index in [1.165, 1.54) is 19.1 Å². The van der Waals surface area contributed by atoms with Crippen molar-refractivity contribution in [2.24, 2.45) is 0 Å². The van der Waals surface area contributed by atoms with Gasteiger partial charge in [-0.05, 0) is 115 Å². The lowest BCUT2D eigenvalue weighted by molar-refractivity contribution is -0.169. The molecule has 2 fully saturated rings. The number of aromatic hydroxyl groups is 1. The quantitative estimate of drug-likeness (QED) is 0.307. The molecule has 10 heteroatoms. The van der Waals surface area contributed by atoms with E-state index in [9.17, 15) is 32.6 Å². The third-order valence-corrected chi connectivity index (χ3v) is 9.02. The van der Waals surface area contributed by atoms with Crippen molar-refractivity contribution in [3.8, 4) is 16.9 Å². The van der Waals surface area contributed by atoms with E-state index in [0.29, 0.717) is 30.5 Å². The Morgan fingerprint density at radius 1 is 1.21 bits per heavy atom. The fourth-order valence-corrected chi connectivity index (χ4v) is 6.86. The number of aryl methyl sites for hydroxylation is 1. The number of likely N-dealkylation sites (N-methyl/N-ethyl adjacent to an activating group) is 1. The number of carbonyl (C=O) groups is 1. The average molecular weight is 607 g/mol. The minimum Gasteiger partial charge on any atom is -0.507 e. The lowest BCUT2D eigenvalue weighted by Crippen LogP contribution is -2.46. The standard InChI is InChI=1S/C33H44F4N3O3/c1-20-23(12-7-13-25(20)34)29-28(31(42)40-17-9-15-27(40)33(35,36)37)21(10-6-14-26(39(4)5)32(2,3)43)18-24(30(29)41)22-11-8-16-38-19-22/h7,12-13,22,26-27,38,41,43H,6,8-11,14-17,19H2,1-5H3/t22-,26+,27-/m0/s1. The summed E-state index contributed by atoms with van der Waals surface area (Å²) in [5.41, 5.74) is 0.349. The molecule has 0 aliphatic carbocycles. The van der Waals surface area contributed by atoms with Crippen LogP contribution in [0.3, 0.4) is 0 Å². The summed E-state index contributed by atoms with van der Waals surface area (Å²) in [5.74, 6) is -1.75. The first-order valence-corrected chi connectivity index (χ1v) is 15.2. The van der Waals surface area contributed by atoms with Gasteiger partial charge >= 0.3 is 6.18 Å². The first-order valence-electron chi connectivity index (χ1n) is 15.2. The minimum atomic E-state index is -4.60. The number of likely N-dealkylation sites (tertiary alicyclic amines) is 1. The van der Waals surface area contributed by atoms with Crippen LogP contribution in [0.4, 0.5) is 17.6 Å². The number of benzene rings is 2. The van der Waals surface area contributed by atoms with Crippen molar-refractivity contribution in [2.75, 3.05) is 33.7 Å². The molecule has 1 radical (unpaired) electrons. The minimum absolute atomic E-state index is 0.0560. The van der Waals surface area contributed by atoms with Gasteiger partial charge in [-0.1, -0.05) is 12.1 Å². The summed E-state index contributed by atoms with van der Waals surface area (Å²) >= 11 is 0. The van der Waals surface area contributed by atoms with Crippen LogP contribution in [0.25, 0.3) is 11.1 Å². The third-order valence-electron chi connectivity index (χ3n) is 9.02. The van der Waals surface area contributed by atoms with Crippen LogP contribution in [0, 0.1) is 18.8 Å². The maximum Gasteiger partial charge on any atom is 0.408 e. The van der Waals surface area contributed by atoms with Crippen LogP contribution in [-0.2, 0) is 6.42 Å². The van der Waals surface area contributed by atoms with Crippen LogP contribution in [-0.4, -0.2) is 83.5 Å². The van der Waals surface area contributed by atoms with Crippen LogP contribution < -0.4 is 5.32 Å². The number of phenols is 1. The summed E-state index contributed by atoms with van der Waals surface area (Å²) in [6.07, 6.45) is -1.65. The van der Waals surface area contributed by atoms with E-state index in [4.69, 9.17) is 0 Å². The molecule has 2 heterocycles. The molecule has 2 aliphatic heterocycles. The van der Waals surface area contributed by atoms with Gasteiger partial charge < -0.3 is 25.3 Å². The van der Waals surface area contributed by atoms with Gasteiger partial charge in [-0.25, -0.2) is 4.39 Å². The van der Waals surface area contributed by atoms with Crippen LogP contribution in [0.15, 0.2) is 18.2 Å². The van der Waals surface area contributed by atoms with Crippen LogP contribution in [0.1, 0.15) is 85.3 Å². The number of carbonyl (C=O) groups excluding carboxylic acids is 1. The van der Waals surface area contributed by atoms with Gasteiger partial charge in [0, 0.05) is 36.2 Å². The zero-order valence-corrected chi connectivity index (χ0v) is 25.7. The number of aliphatic hydroxyl groups is 1. The second-order valence-corrected chi connectivity index (χ2v) is 12.8. The van der Waals surface area contributed by atoms with Gasteiger partial charge in [0.2, 0.25) is 0 Å². The molecule has 2 aliphatic rings. The maximum atomic E-state index is 14.9. The lowest BCUT2D eigenvalue weighted by Gasteiger charge is -2.35. The predicted octanol–water partition coefficient (Wildman–Crippen LogP) is 5.96. The SMILES string of the molecule is Cc1c(F)cccc1-c1c(O)c([C@H]2CCCNC2)[c]c(CCC[C@@H](N(C)C)C(C)(C)O)c1C(=O)N1CCC[C@H]1C(F)(F)F. The first-order chi connectivity index (χ1) is 20.1. The Labute approximate surface area is 252 Å². The largest absolute Gasteiger partial charge is 0.507 e. The molecule has 3 atom stereocenters. The smallest absolute Gasteiger partial charge is 0.408 e. The van der Waals surface area contributed by atoms with E-state index < -0.39 is 29.5 Å². The number of alkyl halides is 3. The van der Waals surface area contributed by atoms with Crippen molar-refractivity contribution in [3.63, 3.8) is 0 Å². The number of hydrogen-bond donors (Lipinski definition) is 3. The number of phenolic OH excluding ortho intramolecular Hbond substituents is 1. The van der Waals surface area contributed by atoms with E-state index in [1.54, 1.807) is 19.9 Å². The summed E-state index contributed by atoms with van der Waals surface area (Å²) in [5, 5.41) is 25.9. The maximum absolute atomic E-state index is 14.9. The lowest BCUT2D eigenvalue weighted by atomic mass is 9.81. The number of halogens is 4. The number of nitrogens with zero attached hydrogens (tertiary/aromatic N) is 2. The van der Waals surface area contributed by atoms with Gasteiger partial charge in [-0.3, -0.25) is 4.79 Å². The molecule has 0 unspecified atom stereocenters. The number of hydrogen-bond acceptors (Lipinski definition) is 5. The number of piperidine rings is 1. The van der Waals surface area contributed by atoms with Gasteiger partial charge in [0.15, 0.2) is 0 Å². The Kier molecular flexibility index (Phi) is 10.1. The van der Waals surface area contributed by atoms with E-state index in [2.05, 4.69) is 11.4 Å². The average Bonchev–Trinajstić information content (AvgIpc) is 3.43. The molecule has 6 nitrogen and oxygen atoms in total. The van der Waals surface area contributed by atoms with Crippen molar-refractivity contribution < 1.29 is 32.6 Å². The summed E-state index contributed by atoms with van der Waals surface area (Å²) in [6, 6.07) is 5.50. The van der Waals surface area contributed by atoms with Crippen LogP contribution in [0.2, 0.25) is 0 Å². The molecule has 0 aromatic heterocycles. The van der Waals surface area contributed by atoms with E-state index in [1.807, 2.05) is 19.0 Å². The van der Waals surface area contributed by atoms with E-state index >= 15 is 0 Å². The molecule has 2 saturated heterocycles. The highest BCUT2D eigenvalue weighted by molar-refractivity contribution is 6.05. The van der Waals surface area contributed by atoms with Gasteiger partial charge in [0.25, 0.3) is 5.91 Å². The van der Waals surface area contributed by atoms with Crippen LogP contribution in [0.5, 0.6) is 5.75 Å². The number of nitrogens with one attached hydrogen (secondary N) is 1. The third kappa shape index (κ3) is 7.18. The fourth-order valence-electron chi connectivity index (χ4n) is 6.86. The molecule has 2 aromatic carbocycles. The van der Waals surface area contributed by atoms with Crippen molar-refractivity contribution in [2.45, 2.75) is 95.5 Å². The second kappa shape index (κ2) is 13.1. The molecule has 4 rings (SSSR count). The van der Waals surface area contributed by atoms with Crippen LogP contribution >= 0.6 is 0 Å². The Morgan fingerprint density at radius 3 is 2.53 bits per heavy atom. The molecule has 0 bridgehead atoms. The number of rotatable bonds is 9. The monoisotopic (exact) mass is 606 g/mol. The summed E-state index contributed by atoms with van der Waals surface area (Å²) in [7, 11) is 3.74. The Morgan fingerprint density at radius 2 is 1.93 bits per heavy atom. The normalized spacial score (nSPS) is 20.6. The Hall–Kier alpha value is -2.69. The van der Waals surface area contributed by atoms with Gasteiger partial charge in [-0.2, -0.15) is 13.2 Å². The molecule has 43 heavy (non-hydrogen) atoms. The van der Waals surface area contributed by atoms with E-state index in [-0.39, 0.29) is 65.8 Å². The van der Waals surface area contributed by atoms with Gasteiger partial charge in [0.1, 0.15) is 17.6 Å². The highest BCUT2D eigenvalue weighted by atomic mass is 19.4. The van der Waals surface area contributed by atoms with Gasteiger partial charge in [0.05, 0.1) is 11.2 Å². The molecular formula is C33H44F4N3O3. The number of amides is 1. The topological polar surface area (TPSA) is 76.0 Å². The van der Waals surface area contributed by atoms with Crippen molar-refractivity contribution >= 4 is 5.91 Å². The molecule has 3 N–H and O–H groups in total. The molecular weight excluding hydrogens is 562 g/mol. The summed E-state index contributed by atoms with van der Waals surface area (Å²) in [4.78, 5) is 17.0. The van der Waals surface area contributed by atoms with E-state index in [0.717, 1.165) is 24.3 Å². The van der Waals surface area contributed by atoms with Crippen molar-refractivity contribution in [1.29, 1.82) is 0 Å². The molecule has 0 saturated carbocycles. The van der Waals surface area contributed by atoms with Gasteiger partial charge in [-0.15, -0.1) is 0 Å². The first kappa shape index (κ1) is 33.2. The zero-order valence-electron chi connectivity index (χ0n) is 25.7. The summed E-state index contributed by atoms with van der Waals surface area (Å²) in [6.45, 7) is 6.32. The predicted molar refractivity (Wildman–Crippen MR) is 159 cm³/mol. The molecule has 1 amide bonds. The molecule has 237 valence electrons. The van der Waals surface area contributed by atoms with Crippen molar-refractivity contribution in [3.05, 3.63) is 52.3 Å². The Balaban J connectivity index is 1.92. The molecule has 0 spiro atoms. The zero-order chi connectivity index (χ0) is 31.7.